The number of nitrogens with zero attached hydrogens (tertiary/aromatic N) is 3. The summed E-state index contributed by atoms with van der Waals surface area (Å²) < 4.78 is 14.9. The molecule has 0 bridgehead atoms. The Bertz CT molecular complexity index is 481. The van der Waals surface area contributed by atoms with E-state index < -0.39 is 0 Å². The smallest absolute Gasteiger partial charge is 0.242 e. The van der Waals surface area contributed by atoms with Crippen molar-refractivity contribution in [3.63, 3.8) is 0 Å². The molecule has 0 radical (unpaired) electrons. The Labute approximate surface area is 91.5 Å². The third-order valence-corrected chi connectivity index (χ3v) is 2.22. The SMILES string of the molecule is Cc1ccc(F)c(Cn2cnc(Cl)n2)c1. The van der Waals surface area contributed by atoms with E-state index in [0.717, 1.165) is 5.56 Å². The lowest BCUT2D eigenvalue weighted by atomic mass is 10.1. The predicted molar refractivity (Wildman–Crippen MR) is 55.3 cm³/mol. The first-order chi connectivity index (χ1) is 7.15. The number of hydrogen-bond donors (Lipinski definition) is 0. The Kier molecular flexibility index (Phi) is 2.68. The Morgan fingerprint density at radius 2 is 2.27 bits per heavy atom. The molecule has 1 heterocycles. The van der Waals surface area contributed by atoms with Crippen molar-refractivity contribution in [1.82, 2.24) is 14.8 Å². The summed E-state index contributed by atoms with van der Waals surface area (Å²) in [6.45, 7) is 2.25. The zero-order chi connectivity index (χ0) is 10.8. The van der Waals surface area contributed by atoms with Gasteiger partial charge in [0.25, 0.3) is 0 Å². The maximum atomic E-state index is 13.4. The van der Waals surface area contributed by atoms with Gasteiger partial charge in [-0.3, -0.25) is 0 Å². The second-order valence-corrected chi connectivity index (χ2v) is 3.64. The van der Waals surface area contributed by atoms with Gasteiger partial charge in [-0.05, 0) is 24.6 Å². The topological polar surface area (TPSA) is 30.7 Å². The van der Waals surface area contributed by atoms with Crippen molar-refractivity contribution >= 4 is 11.6 Å². The molecular formula is C10H9ClFN3. The van der Waals surface area contributed by atoms with Crippen molar-refractivity contribution in [2.45, 2.75) is 13.5 Å². The van der Waals surface area contributed by atoms with E-state index in [0.29, 0.717) is 12.1 Å². The molecule has 1 aromatic carbocycles. The number of rotatable bonds is 2. The van der Waals surface area contributed by atoms with Crippen molar-refractivity contribution in [3.8, 4) is 0 Å². The minimum absolute atomic E-state index is 0.170. The maximum absolute atomic E-state index is 13.4. The first kappa shape index (κ1) is 10.1. The van der Waals surface area contributed by atoms with Gasteiger partial charge in [-0.15, -0.1) is 5.10 Å². The van der Waals surface area contributed by atoms with Gasteiger partial charge < -0.3 is 0 Å². The molecule has 15 heavy (non-hydrogen) atoms. The fraction of sp³-hybridized carbons (Fsp3) is 0.200. The lowest BCUT2D eigenvalue weighted by molar-refractivity contribution is 0.584. The lowest BCUT2D eigenvalue weighted by Crippen LogP contribution is -2.02. The molecule has 0 aliphatic carbocycles. The molecule has 2 rings (SSSR count). The van der Waals surface area contributed by atoms with Crippen LogP contribution in [0.1, 0.15) is 11.1 Å². The van der Waals surface area contributed by atoms with Crippen molar-refractivity contribution in [1.29, 1.82) is 0 Å². The Balaban J connectivity index is 2.27. The summed E-state index contributed by atoms with van der Waals surface area (Å²) in [5.74, 6) is -0.243. The largest absolute Gasteiger partial charge is 0.247 e. The van der Waals surface area contributed by atoms with Gasteiger partial charge in [-0.25, -0.2) is 14.1 Å². The third kappa shape index (κ3) is 2.33. The van der Waals surface area contributed by atoms with Gasteiger partial charge >= 0.3 is 0 Å². The van der Waals surface area contributed by atoms with Gasteiger partial charge in [-0.2, -0.15) is 0 Å². The van der Waals surface area contributed by atoms with Gasteiger partial charge in [-0.1, -0.05) is 17.7 Å². The van der Waals surface area contributed by atoms with Gasteiger partial charge in [0.1, 0.15) is 12.1 Å². The zero-order valence-corrected chi connectivity index (χ0v) is 8.87. The van der Waals surface area contributed by atoms with Crippen LogP contribution < -0.4 is 0 Å². The van der Waals surface area contributed by atoms with Crippen LogP contribution >= 0.6 is 11.6 Å². The van der Waals surface area contributed by atoms with E-state index in [9.17, 15) is 4.39 Å². The quantitative estimate of drug-likeness (QED) is 0.786. The van der Waals surface area contributed by atoms with Gasteiger partial charge in [0, 0.05) is 5.56 Å². The highest BCUT2D eigenvalue weighted by Crippen LogP contribution is 2.11. The third-order valence-electron chi connectivity index (χ3n) is 2.04. The van der Waals surface area contributed by atoms with Crippen LogP contribution in [0.25, 0.3) is 0 Å². The van der Waals surface area contributed by atoms with Gasteiger partial charge in [0.2, 0.25) is 5.28 Å². The minimum atomic E-state index is -0.243. The molecule has 0 saturated carbocycles. The Morgan fingerprint density at radius 1 is 1.47 bits per heavy atom. The molecule has 0 aliphatic heterocycles. The first-order valence-electron chi connectivity index (χ1n) is 4.45. The highest BCUT2D eigenvalue weighted by atomic mass is 35.5. The highest BCUT2D eigenvalue weighted by Gasteiger charge is 2.04. The van der Waals surface area contributed by atoms with Crippen molar-refractivity contribution in [2.24, 2.45) is 0 Å². The molecule has 0 spiro atoms. The van der Waals surface area contributed by atoms with E-state index in [2.05, 4.69) is 10.1 Å². The summed E-state index contributed by atoms with van der Waals surface area (Å²) in [4.78, 5) is 3.76. The highest BCUT2D eigenvalue weighted by molar-refractivity contribution is 6.28. The van der Waals surface area contributed by atoms with Crippen LogP contribution in [0.3, 0.4) is 0 Å². The summed E-state index contributed by atoms with van der Waals surface area (Å²) in [5, 5.41) is 4.05. The summed E-state index contributed by atoms with van der Waals surface area (Å²) in [6, 6.07) is 4.96. The normalized spacial score (nSPS) is 10.6. The number of halogens is 2. The van der Waals surface area contributed by atoms with E-state index in [1.807, 2.05) is 6.92 Å². The van der Waals surface area contributed by atoms with Crippen molar-refractivity contribution in [3.05, 3.63) is 46.8 Å². The fourth-order valence-electron chi connectivity index (χ4n) is 1.35. The Morgan fingerprint density at radius 3 is 2.93 bits per heavy atom. The standard InChI is InChI=1S/C10H9ClFN3/c1-7-2-3-9(12)8(4-7)5-15-6-13-10(11)14-15/h2-4,6H,5H2,1H3. The van der Waals surface area contributed by atoms with Crippen molar-refractivity contribution < 1.29 is 4.39 Å². The first-order valence-corrected chi connectivity index (χ1v) is 4.83. The molecule has 1 aromatic heterocycles. The van der Waals surface area contributed by atoms with Crippen LogP contribution in [0, 0.1) is 12.7 Å². The molecule has 0 N–H and O–H groups in total. The summed E-state index contributed by atoms with van der Waals surface area (Å²) >= 11 is 5.56. The minimum Gasteiger partial charge on any atom is -0.247 e. The molecule has 0 saturated heterocycles. The molecule has 2 aromatic rings. The average Bonchev–Trinajstić information content (AvgIpc) is 2.58. The van der Waals surface area contributed by atoms with Gasteiger partial charge in [0.05, 0.1) is 6.54 Å². The van der Waals surface area contributed by atoms with Crippen molar-refractivity contribution in [2.75, 3.05) is 0 Å². The van der Waals surface area contributed by atoms with Crippen LogP contribution in [-0.4, -0.2) is 14.8 Å². The number of aromatic nitrogens is 3. The molecule has 78 valence electrons. The molecule has 0 unspecified atom stereocenters. The molecular weight excluding hydrogens is 217 g/mol. The Hall–Kier alpha value is -1.42. The fourth-order valence-corrected chi connectivity index (χ4v) is 1.49. The van der Waals surface area contributed by atoms with E-state index in [1.54, 1.807) is 12.1 Å². The summed E-state index contributed by atoms with van der Waals surface area (Å²) in [6.07, 6.45) is 1.48. The van der Waals surface area contributed by atoms with E-state index in [-0.39, 0.29) is 11.1 Å². The van der Waals surface area contributed by atoms with Crippen LogP contribution in [0.4, 0.5) is 4.39 Å². The molecule has 0 atom stereocenters. The van der Waals surface area contributed by atoms with E-state index >= 15 is 0 Å². The van der Waals surface area contributed by atoms with E-state index in [4.69, 9.17) is 11.6 Å². The van der Waals surface area contributed by atoms with Gasteiger partial charge in [0.15, 0.2) is 0 Å². The van der Waals surface area contributed by atoms with Crippen LogP contribution in [0.5, 0.6) is 0 Å². The average molecular weight is 226 g/mol. The second kappa shape index (κ2) is 3.98. The number of hydrogen-bond acceptors (Lipinski definition) is 2. The lowest BCUT2D eigenvalue weighted by Gasteiger charge is -2.03. The van der Waals surface area contributed by atoms with E-state index in [1.165, 1.54) is 17.1 Å². The second-order valence-electron chi connectivity index (χ2n) is 3.31. The molecule has 3 nitrogen and oxygen atoms in total. The van der Waals surface area contributed by atoms with Crippen LogP contribution in [0.2, 0.25) is 5.28 Å². The summed E-state index contributed by atoms with van der Waals surface area (Å²) in [7, 11) is 0. The molecule has 0 fully saturated rings. The van der Waals surface area contributed by atoms with Crippen LogP contribution in [-0.2, 0) is 6.54 Å². The maximum Gasteiger partial charge on any atom is 0.242 e. The summed E-state index contributed by atoms with van der Waals surface area (Å²) in [5.41, 5.74) is 1.59. The number of aryl methyl sites for hydroxylation is 1. The number of benzene rings is 1. The molecule has 0 aliphatic rings. The zero-order valence-electron chi connectivity index (χ0n) is 8.11. The monoisotopic (exact) mass is 225 g/mol. The molecule has 5 heteroatoms. The van der Waals surface area contributed by atoms with Crippen LogP contribution in [0.15, 0.2) is 24.5 Å². The molecule has 0 amide bonds. The predicted octanol–water partition coefficient (Wildman–Crippen LogP) is 2.43.